The van der Waals surface area contributed by atoms with E-state index in [0.29, 0.717) is 6.61 Å². The Morgan fingerprint density at radius 1 is 0.542 bits per heavy atom. The largest absolute Gasteiger partial charge is 0.396 e. The Hall–Kier alpha value is -0.890. The van der Waals surface area contributed by atoms with E-state index in [-0.39, 0.29) is 0 Å². The van der Waals surface area contributed by atoms with E-state index in [2.05, 4.69) is 13.2 Å². The minimum Gasteiger partial charge on any atom is -0.396 e. The molecule has 0 bridgehead atoms. The minimum absolute atomic E-state index is 0.358. The van der Waals surface area contributed by atoms with E-state index in [0.717, 1.165) is 38.4 Å². The summed E-state index contributed by atoms with van der Waals surface area (Å²) in [5.41, 5.74) is 0. The van der Waals surface area contributed by atoms with Crippen LogP contribution in [0, 0.1) is 0 Å². The predicted octanol–water partition coefficient (Wildman–Crippen LogP) is 6.78. The Labute approximate surface area is 151 Å². The van der Waals surface area contributed by atoms with E-state index in [1.54, 1.807) is 0 Å². The summed E-state index contributed by atoms with van der Waals surface area (Å²) in [4.78, 5) is 9.97. The molecule has 0 aliphatic rings. The first-order valence-electron chi connectivity index (χ1n) is 10.1. The standard InChI is InChI=1S/C11H22O.C11H20O/c2*1-2-3-4-5-6-7-8-9-10-11-12/h2,12H,1,3-11H2;2,11H,1,3-10H2. The fraction of sp³-hybridized carbons (Fsp3) is 0.773. The van der Waals surface area contributed by atoms with Gasteiger partial charge < -0.3 is 9.90 Å². The van der Waals surface area contributed by atoms with Gasteiger partial charge in [0.25, 0.3) is 0 Å². The van der Waals surface area contributed by atoms with Crippen molar-refractivity contribution in [2.24, 2.45) is 0 Å². The third-order valence-corrected chi connectivity index (χ3v) is 4.05. The summed E-state index contributed by atoms with van der Waals surface area (Å²) >= 11 is 0. The van der Waals surface area contributed by atoms with Crippen LogP contribution in [0.3, 0.4) is 0 Å². The molecule has 2 nitrogen and oxygen atoms in total. The lowest BCUT2D eigenvalue weighted by molar-refractivity contribution is -0.107. The number of rotatable bonds is 18. The zero-order chi connectivity index (χ0) is 18.1. The van der Waals surface area contributed by atoms with E-state index >= 15 is 0 Å². The van der Waals surface area contributed by atoms with Gasteiger partial charge in [0.1, 0.15) is 6.29 Å². The molecule has 0 fully saturated rings. The number of carbonyl (C=O) groups excluding carboxylic acids is 1. The second-order valence-electron chi connectivity index (χ2n) is 6.43. The lowest BCUT2D eigenvalue weighted by Crippen LogP contribution is -1.83. The highest BCUT2D eigenvalue weighted by atomic mass is 16.2. The molecule has 1 N–H and O–H groups in total. The second kappa shape index (κ2) is 27.0. The Kier molecular flexibility index (Phi) is 28.5. The molecule has 0 atom stereocenters. The number of aliphatic hydroxyl groups excluding tert-OH is 1. The highest BCUT2D eigenvalue weighted by Crippen LogP contribution is 2.08. The average Bonchev–Trinajstić information content (AvgIpc) is 2.60. The average molecular weight is 339 g/mol. The molecular formula is C22H42O2. The van der Waals surface area contributed by atoms with Gasteiger partial charge in [0, 0.05) is 13.0 Å². The van der Waals surface area contributed by atoms with Crippen LogP contribution in [0.4, 0.5) is 0 Å². The molecule has 24 heavy (non-hydrogen) atoms. The van der Waals surface area contributed by atoms with Crippen molar-refractivity contribution in [3.8, 4) is 0 Å². The van der Waals surface area contributed by atoms with E-state index in [9.17, 15) is 4.79 Å². The molecule has 0 aromatic rings. The first-order valence-corrected chi connectivity index (χ1v) is 10.1. The maximum absolute atomic E-state index is 9.97. The van der Waals surface area contributed by atoms with Gasteiger partial charge in [-0.15, -0.1) is 13.2 Å². The van der Waals surface area contributed by atoms with Crippen molar-refractivity contribution in [3.63, 3.8) is 0 Å². The number of hydrogen-bond acceptors (Lipinski definition) is 2. The van der Waals surface area contributed by atoms with Crippen LogP contribution < -0.4 is 0 Å². The number of unbranched alkanes of at least 4 members (excludes halogenated alkanes) is 14. The molecule has 0 aliphatic heterocycles. The molecule has 0 saturated heterocycles. The zero-order valence-electron chi connectivity index (χ0n) is 16.0. The van der Waals surface area contributed by atoms with Crippen LogP contribution in [0.2, 0.25) is 0 Å². The van der Waals surface area contributed by atoms with Gasteiger partial charge in [-0.3, -0.25) is 0 Å². The second-order valence-corrected chi connectivity index (χ2v) is 6.43. The first kappa shape index (κ1) is 25.4. The smallest absolute Gasteiger partial charge is 0.119 e. The van der Waals surface area contributed by atoms with Crippen LogP contribution in [0.5, 0.6) is 0 Å². The van der Waals surface area contributed by atoms with Gasteiger partial charge in [0.05, 0.1) is 0 Å². The quantitative estimate of drug-likeness (QED) is 0.170. The molecule has 0 amide bonds. The van der Waals surface area contributed by atoms with E-state index in [1.807, 2.05) is 12.2 Å². The molecule has 0 aromatic heterocycles. The Bertz CT molecular complexity index is 234. The van der Waals surface area contributed by atoms with Crippen molar-refractivity contribution in [3.05, 3.63) is 25.3 Å². The topological polar surface area (TPSA) is 37.3 Å². The fourth-order valence-corrected chi connectivity index (χ4v) is 2.51. The maximum atomic E-state index is 9.97. The third kappa shape index (κ3) is 29.2. The summed E-state index contributed by atoms with van der Waals surface area (Å²) in [6.07, 6.45) is 24.3. The number of aldehydes is 1. The molecule has 0 radical (unpaired) electrons. The van der Waals surface area contributed by atoms with Crippen LogP contribution in [0.25, 0.3) is 0 Å². The molecule has 0 rings (SSSR count). The summed E-state index contributed by atoms with van der Waals surface area (Å²) in [6, 6.07) is 0. The van der Waals surface area contributed by atoms with Crippen molar-refractivity contribution < 1.29 is 9.90 Å². The zero-order valence-corrected chi connectivity index (χ0v) is 16.0. The van der Waals surface area contributed by atoms with Gasteiger partial charge in [-0.1, -0.05) is 69.9 Å². The molecule has 0 spiro atoms. The van der Waals surface area contributed by atoms with Gasteiger partial charge in [-0.25, -0.2) is 0 Å². The SMILES string of the molecule is C=CCCCCCCCCC=O.C=CCCCCCCCCCO. The van der Waals surface area contributed by atoms with Gasteiger partial charge in [0.2, 0.25) is 0 Å². The van der Waals surface area contributed by atoms with Crippen LogP contribution in [-0.2, 0) is 4.79 Å². The van der Waals surface area contributed by atoms with Gasteiger partial charge in [-0.05, 0) is 38.5 Å². The van der Waals surface area contributed by atoms with Crippen molar-refractivity contribution >= 4 is 6.29 Å². The molecule has 142 valence electrons. The molecule has 0 aromatic carbocycles. The van der Waals surface area contributed by atoms with Crippen LogP contribution in [0.1, 0.15) is 103 Å². The molecular weight excluding hydrogens is 296 g/mol. The van der Waals surface area contributed by atoms with Gasteiger partial charge in [0.15, 0.2) is 0 Å². The number of carbonyl (C=O) groups is 1. The van der Waals surface area contributed by atoms with Crippen molar-refractivity contribution in [1.82, 2.24) is 0 Å². The monoisotopic (exact) mass is 338 g/mol. The normalized spacial score (nSPS) is 9.88. The molecule has 2 heteroatoms. The maximum Gasteiger partial charge on any atom is 0.119 e. The number of hydrogen-bond donors (Lipinski definition) is 1. The predicted molar refractivity (Wildman–Crippen MR) is 107 cm³/mol. The third-order valence-electron chi connectivity index (χ3n) is 4.05. The molecule has 0 aliphatic carbocycles. The summed E-state index contributed by atoms with van der Waals surface area (Å²) in [5, 5.41) is 8.53. The molecule has 0 saturated carbocycles. The Balaban J connectivity index is 0. The Morgan fingerprint density at radius 3 is 1.21 bits per heavy atom. The van der Waals surface area contributed by atoms with Crippen LogP contribution in [0.15, 0.2) is 25.3 Å². The lowest BCUT2D eigenvalue weighted by atomic mass is 10.1. The molecule has 0 unspecified atom stereocenters. The van der Waals surface area contributed by atoms with E-state index in [4.69, 9.17) is 5.11 Å². The van der Waals surface area contributed by atoms with Crippen molar-refractivity contribution in [2.75, 3.05) is 6.61 Å². The summed E-state index contributed by atoms with van der Waals surface area (Å²) in [6.45, 7) is 7.73. The minimum atomic E-state index is 0.358. The highest BCUT2D eigenvalue weighted by Gasteiger charge is 1.90. The summed E-state index contributed by atoms with van der Waals surface area (Å²) < 4.78 is 0. The van der Waals surface area contributed by atoms with Crippen LogP contribution in [-0.4, -0.2) is 18.0 Å². The summed E-state index contributed by atoms with van der Waals surface area (Å²) in [5.74, 6) is 0. The summed E-state index contributed by atoms with van der Waals surface area (Å²) in [7, 11) is 0. The highest BCUT2D eigenvalue weighted by molar-refractivity contribution is 5.48. The molecule has 0 heterocycles. The van der Waals surface area contributed by atoms with Crippen molar-refractivity contribution in [2.45, 2.75) is 103 Å². The first-order chi connectivity index (χ1) is 11.8. The lowest BCUT2D eigenvalue weighted by Gasteiger charge is -1.99. The van der Waals surface area contributed by atoms with Gasteiger partial charge >= 0.3 is 0 Å². The Morgan fingerprint density at radius 2 is 0.875 bits per heavy atom. The van der Waals surface area contributed by atoms with Crippen molar-refractivity contribution in [1.29, 1.82) is 0 Å². The number of allylic oxidation sites excluding steroid dienone is 2. The van der Waals surface area contributed by atoms with Gasteiger partial charge in [-0.2, -0.15) is 0 Å². The van der Waals surface area contributed by atoms with E-state index < -0.39 is 0 Å². The van der Waals surface area contributed by atoms with E-state index in [1.165, 1.54) is 70.6 Å². The fourth-order valence-electron chi connectivity index (χ4n) is 2.51. The van der Waals surface area contributed by atoms with Crippen LogP contribution >= 0.6 is 0 Å². The number of aliphatic hydroxyl groups is 1.